The van der Waals surface area contributed by atoms with Crippen LogP contribution in [0.2, 0.25) is 0 Å². The largest absolute Gasteiger partial charge is 0.492 e. The minimum Gasteiger partial charge on any atom is -0.423 e. The van der Waals surface area contributed by atoms with E-state index in [2.05, 4.69) is 109 Å². The molecule has 22 heteroatoms. The summed E-state index contributed by atoms with van der Waals surface area (Å²) in [6.45, 7) is 26.5. The molecule has 0 fully saturated rings. The van der Waals surface area contributed by atoms with Crippen molar-refractivity contribution in [2.24, 2.45) is 16.0 Å². The standard InChI is InChI=1S/C10H12BN3O2.C10H14BNO2.C10H12BrN3O.C10H13BrO2.C10H11Br.C9H9BrO.ClH/c1-7-4-3-5-8-9(7)11(15)16-10(8,2)6-13-14-12;1-7-4-3-5-8-9(7)11(13)14-10(8,2)6-12;1-7-4-3-5-8(9(7)11)10(2,15)6-13-14-12;1-7-4-3-5-8(9(7)11)10(2,13)6-12;1-7(2)9-6-4-5-8(3)10(9)11;1-6-4-3-5-8(7(2)11)9(6)10;/h3-5,15H,6H2,1-2H3;3-5,13H,6,12H2,1-2H3;3-5,15H,6H2,1-2H3;3-5,12-13H,6H2,1-2H3;4-6H,1H2,2-3H3;3-5H,1-2H3;1H/t4*10-;;;/m1111.../s1. The zero-order chi connectivity index (χ0) is 60.5. The number of carbonyl (C=O) groups excluding carboxylic acids is 1. The van der Waals surface area contributed by atoms with Gasteiger partial charge in [0.15, 0.2) is 5.78 Å². The number of aliphatic hydroxyl groups is 3. The topological polar surface area (TPSA) is 260 Å². The van der Waals surface area contributed by atoms with Crippen LogP contribution in [-0.2, 0) is 31.7 Å². The van der Waals surface area contributed by atoms with Gasteiger partial charge < -0.3 is 40.4 Å². The molecule has 15 nitrogen and oxygen atoms in total. The Balaban J connectivity index is 0.000000333. The molecule has 0 saturated carbocycles. The van der Waals surface area contributed by atoms with Crippen molar-refractivity contribution in [3.8, 4) is 0 Å². The Bertz CT molecular complexity index is 3190. The van der Waals surface area contributed by atoms with Gasteiger partial charge in [0.25, 0.3) is 0 Å². The maximum atomic E-state index is 11.0. The van der Waals surface area contributed by atoms with Crippen molar-refractivity contribution in [1.82, 2.24) is 0 Å². The van der Waals surface area contributed by atoms with Gasteiger partial charge >= 0.3 is 14.2 Å². The van der Waals surface area contributed by atoms with Crippen LogP contribution in [0.25, 0.3) is 26.5 Å². The van der Waals surface area contributed by atoms with Gasteiger partial charge in [0.05, 0.1) is 36.5 Å². The number of fused-ring (bicyclic) bond motifs is 2. The van der Waals surface area contributed by atoms with Gasteiger partial charge in [-0.05, 0) is 193 Å². The molecule has 2 aliphatic heterocycles. The first-order chi connectivity index (χ1) is 37.4. The normalized spacial score (nSPS) is 16.6. The molecular weight excluding hydrogens is 1310 g/mol. The number of nitrogens with zero attached hydrogens (tertiary/aromatic N) is 6. The lowest BCUT2D eigenvalue weighted by Crippen LogP contribution is -2.34. The molecule has 0 aliphatic carbocycles. The smallest absolute Gasteiger partial charge is 0.423 e. The van der Waals surface area contributed by atoms with Gasteiger partial charge in [0.2, 0.25) is 0 Å². The lowest BCUT2D eigenvalue weighted by atomic mass is 9.75. The summed E-state index contributed by atoms with van der Waals surface area (Å²) in [5.74, 6) is 0.0978. The molecule has 432 valence electrons. The van der Waals surface area contributed by atoms with Crippen LogP contribution in [-0.4, -0.2) is 71.6 Å². The van der Waals surface area contributed by atoms with Crippen LogP contribution in [0.4, 0.5) is 0 Å². The number of aryl methyl sites for hydroxylation is 6. The summed E-state index contributed by atoms with van der Waals surface area (Å²) in [7, 11) is -1.77. The highest BCUT2D eigenvalue weighted by Crippen LogP contribution is 2.34. The second kappa shape index (κ2) is 32.4. The highest BCUT2D eigenvalue weighted by Gasteiger charge is 2.45. The predicted molar refractivity (Wildman–Crippen MR) is 345 cm³/mol. The second-order valence-electron chi connectivity index (χ2n) is 20.2. The zero-order valence-electron chi connectivity index (χ0n) is 47.7. The first kappa shape index (κ1) is 72.5. The Labute approximate surface area is 517 Å². The Morgan fingerprint density at radius 2 is 0.975 bits per heavy atom. The van der Waals surface area contributed by atoms with Gasteiger partial charge in [-0.3, -0.25) is 4.79 Å². The van der Waals surface area contributed by atoms with E-state index in [-0.39, 0.29) is 37.9 Å². The lowest BCUT2D eigenvalue weighted by molar-refractivity contribution is -0.00292. The number of ketones is 1. The fourth-order valence-corrected chi connectivity index (χ4v) is 11.0. The molecule has 0 radical (unpaired) electrons. The van der Waals surface area contributed by atoms with Crippen LogP contribution in [0.1, 0.15) is 113 Å². The summed E-state index contributed by atoms with van der Waals surface area (Å²) in [5, 5.41) is 55.5. The number of Topliss-reactive ketones (excluding diaryl/α,β-unsaturated/α-hetero) is 1. The fourth-order valence-electron chi connectivity index (χ4n) is 8.49. The van der Waals surface area contributed by atoms with Crippen molar-refractivity contribution < 1.29 is 39.5 Å². The minimum atomic E-state index is -1.18. The highest BCUT2D eigenvalue weighted by molar-refractivity contribution is 9.11. The molecule has 2 heterocycles. The van der Waals surface area contributed by atoms with Crippen LogP contribution in [0, 0.1) is 41.5 Å². The van der Waals surface area contributed by atoms with E-state index in [1.807, 2.05) is 146 Å². The van der Waals surface area contributed by atoms with Crippen molar-refractivity contribution >= 4 is 113 Å². The summed E-state index contributed by atoms with van der Waals surface area (Å²) < 4.78 is 14.7. The maximum absolute atomic E-state index is 11.0. The molecule has 81 heavy (non-hydrogen) atoms. The summed E-state index contributed by atoms with van der Waals surface area (Å²) in [6.07, 6.45) is 0. The van der Waals surface area contributed by atoms with Crippen LogP contribution < -0.4 is 16.7 Å². The van der Waals surface area contributed by atoms with E-state index in [4.69, 9.17) is 31.2 Å². The van der Waals surface area contributed by atoms with E-state index in [0.29, 0.717) is 6.54 Å². The Morgan fingerprint density at radius 1 is 0.617 bits per heavy atom. The van der Waals surface area contributed by atoms with Crippen molar-refractivity contribution in [3.63, 3.8) is 0 Å². The number of benzene rings is 6. The van der Waals surface area contributed by atoms with Crippen molar-refractivity contribution in [1.29, 1.82) is 0 Å². The maximum Gasteiger partial charge on any atom is 0.492 e. The van der Waals surface area contributed by atoms with Crippen molar-refractivity contribution in [2.45, 2.75) is 105 Å². The number of halogens is 5. The Morgan fingerprint density at radius 3 is 1.36 bits per heavy atom. The highest BCUT2D eigenvalue weighted by atomic mass is 79.9. The monoisotopic (exact) mass is 1380 g/mol. The quantitative estimate of drug-likeness (QED) is 0.0250. The fraction of sp³-hybridized carbons (Fsp3) is 0.339. The Kier molecular flexibility index (Phi) is 29.0. The molecule has 6 aromatic rings. The lowest BCUT2D eigenvalue weighted by Gasteiger charge is -2.23. The number of azide groups is 2. The molecule has 7 N–H and O–H groups in total. The van der Waals surface area contributed by atoms with Gasteiger partial charge in [0, 0.05) is 39.8 Å². The van der Waals surface area contributed by atoms with Crippen LogP contribution >= 0.6 is 76.1 Å². The van der Waals surface area contributed by atoms with Crippen LogP contribution in [0.5, 0.6) is 0 Å². The molecule has 2 aliphatic rings. The third-order valence-electron chi connectivity index (χ3n) is 13.4. The summed E-state index contributed by atoms with van der Waals surface area (Å²) in [5.41, 5.74) is 33.2. The molecule has 0 unspecified atom stereocenters. The molecule has 0 spiro atoms. The van der Waals surface area contributed by atoms with Gasteiger partial charge in [0.1, 0.15) is 5.60 Å². The van der Waals surface area contributed by atoms with E-state index in [9.17, 15) is 25.1 Å². The molecule has 0 bridgehead atoms. The molecule has 4 atom stereocenters. The molecular formula is C59H72B2Br4ClN7O8. The van der Waals surface area contributed by atoms with E-state index in [0.717, 1.165) is 90.0 Å². The Hall–Kier alpha value is -4.63. The number of allylic oxidation sites excluding steroid dienone is 1. The predicted octanol–water partition coefficient (Wildman–Crippen LogP) is 13.5. The molecule has 8 rings (SSSR count). The molecule has 6 aromatic carbocycles. The number of nitrogens with two attached hydrogens (primary N) is 1. The summed E-state index contributed by atoms with van der Waals surface area (Å²) >= 11 is 13.7. The van der Waals surface area contributed by atoms with Crippen molar-refractivity contribution in [3.05, 3.63) is 221 Å². The van der Waals surface area contributed by atoms with E-state index in [1.54, 1.807) is 26.8 Å². The van der Waals surface area contributed by atoms with E-state index < -0.39 is 36.6 Å². The molecule has 0 amide bonds. The average Bonchev–Trinajstić information content (AvgIpc) is 3.91. The first-order valence-corrected chi connectivity index (χ1v) is 28.4. The van der Waals surface area contributed by atoms with E-state index >= 15 is 0 Å². The second-order valence-corrected chi connectivity index (χ2v) is 23.4. The first-order valence-electron chi connectivity index (χ1n) is 25.3. The molecule has 0 aromatic heterocycles. The minimum absolute atomic E-state index is 0. The van der Waals surface area contributed by atoms with Gasteiger partial charge in [-0.1, -0.05) is 169 Å². The van der Waals surface area contributed by atoms with Gasteiger partial charge in [-0.15, -0.1) is 12.4 Å². The number of rotatable bonds is 10. The SMILES string of the molecule is C=C(C)c1cccc(C)c1Br.CC(=O)c1cccc(C)c1Br.Cc1cccc([C@](C)(O)CN=[N+]=[N-])c1Br.Cc1cccc([C@](C)(O)CO)c1Br.Cc1cccc2c1B(O)O[C@]2(C)CN.Cc1cccc2c1B(O)O[C@]2(C)CN=[N+]=[N-].Cl. The van der Waals surface area contributed by atoms with Crippen LogP contribution in [0.15, 0.2) is 144 Å². The van der Waals surface area contributed by atoms with Crippen LogP contribution in [0.3, 0.4) is 0 Å². The third kappa shape index (κ3) is 19.2. The average molecular weight is 1380 g/mol. The summed E-state index contributed by atoms with van der Waals surface area (Å²) in [6, 6.07) is 34.7. The zero-order valence-corrected chi connectivity index (χ0v) is 54.9. The number of carbonyl (C=O) groups is 1. The number of hydrogen-bond donors (Lipinski definition) is 6. The van der Waals surface area contributed by atoms with Gasteiger partial charge in [-0.2, -0.15) is 0 Å². The number of aliphatic hydroxyl groups excluding tert-OH is 1. The van der Waals surface area contributed by atoms with Gasteiger partial charge in [-0.25, -0.2) is 0 Å². The van der Waals surface area contributed by atoms with Crippen molar-refractivity contribution in [2.75, 3.05) is 26.2 Å². The van der Waals surface area contributed by atoms with E-state index in [1.165, 1.54) is 11.1 Å². The molecule has 0 saturated heterocycles. The third-order valence-corrected chi connectivity index (χ3v) is 17.6. The number of hydrogen-bond acceptors (Lipinski definition) is 11. The summed E-state index contributed by atoms with van der Waals surface area (Å²) in [4.78, 5) is 16.4.